The first-order chi connectivity index (χ1) is 11.3. The van der Waals surface area contributed by atoms with Crippen molar-refractivity contribution in [2.45, 2.75) is 33.7 Å². The lowest BCUT2D eigenvalue weighted by Crippen LogP contribution is -2.36. The first kappa shape index (κ1) is 17.7. The van der Waals surface area contributed by atoms with Crippen molar-refractivity contribution < 1.29 is 19.2 Å². The molecule has 0 saturated carbocycles. The van der Waals surface area contributed by atoms with E-state index in [0.29, 0.717) is 18.8 Å². The molecule has 1 N–H and O–H groups in total. The third-order valence-corrected chi connectivity index (χ3v) is 3.33. The molecule has 0 unspecified atom stereocenters. The number of aryl methyl sites for hydroxylation is 1. The zero-order chi connectivity index (χ0) is 17.7. The standard InChI is InChI=1S/C16H22N4O4/c1-11(2)8-19(5-4-15(21)22)16(23)14-6-13(24-18-14)10-20-9-12(3)7-17-20/h6-7,9,11H,4-5,8,10H2,1-3H3,(H,21,22). The smallest absolute Gasteiger partial charge is 0.305 e. The number of rotatable bonds is 8. The SMILES string of the molecule is Cc1cnn(Cc2cc(C(=O)N(CCC(=O)O)CC(C)C)no2)c1. The van der Waals surface area contributed by atoms with Crippen LogP contribution in [-0.4, -0.2) is 49.9 Å². The van der Waals surface area contributed by atoms with E-state index in [1.54, 1.807) is 16.9 Å². The summed E-state index contributed by atoms with van der Waals surface area (Å²) in [6.07, 6.45) is 3.50. The normalized spacial score (nSPS) is 11.0. The number of hydrogen-bond acceptors (Lipinski definition) is 5. The Morgan fingerprint density at radius 1 is 1.42 bits per heavy atom. The van der Waals surface area contributed by atoms with Crippen molar-refractivity contribution in [3.8, 4) is 0 Å². The summed E-state index contributed by atoms with van der Waals surface area (Å²) < 4.78 is 6.90. The second-order valence-corrected chi connectivity index (χ2v) is 6.18. The van der Waals surface area contributed by atoms with Gasteiger partial charge in [-0.2, -0.15) is 5.10 Å². The molecule has 0 aromatic carbocycles. The highest BCUT2D eigenvalue weighted by Crippen LogP contribution is 2.11. The van der Waals surface area contributed by atoms with E-state index >= 15 is 0 Å². The number of hydrogen-bond donors (Lipinski definition) is 1. The molecule has 8 nitrogen and oxygen atoms in total. The topological polar surface area (TPSA) is 101 Å². The van der Waals surface area contributed by atoms with Gasteiger partial charge in [-0.05, 0) is 18.4 Å². The predicted molar refractivity (Wildman–Crippen MR) is 85.6 cm³/mol. The van der Waals surface area contributed by atoms with E-state index in [2.05, 4.69) is 10.3 Å². The first-order valence-corrected chi connectivity index (χ1v) is 7.81. The average Bonchev–Trinajstić information content (AvgIpc) is 3.12. The Balaban J connectivity index is 2.07. The molecule has 8 heteroatoms. The minimum atomic E-state index is -0.938. The highest BCUT2D eigenvalue weighted by atomic mass is 16.5. The molecule has 0 atom stereocenters. The second kappa shape index (κ2) is 7.76. The molecule has 0 radical (unpaired) electrons. The Kier molecular flexibility index (Phi) is 5.73. The fourth-order valence-electron chi connectivity index (χ4n) is 2.31. The van der Waals surface area contributed by atoms with E-state index in [4.69, 9.17) is 9.63 Å². The molecule has 0 spiro atoms. The summed E-state index contributed by atoms with van der Waals surface area (Å²) >= 11 is 0. The van der Waals surface area contributed by atoms with Gasteiger partial charge in [0.15, 0.2) is 11.5 Å². The van der Waals surface area contributed by atoms with Gasteiger partial charge in [0.1, 0.15) is 6.54 Å². The number of carboxylic acids is 1. The number of carbonyl (C=O) groups excluding carboxylic acids is 1. The van der Waals surface area contributed by atoms with Crippen LogP contribution in [0.3, 0.4) is 0 Å². The van der Waals surface area contributed by atoms with Crippen LogP contribution < -0.4 is 0 Å². The van der Waals surface area contributed by atoms with Crippen LogP contribution in [-0.2, 0) is 11.3 Å². The first-order valence-electron chi connectivity index (χ1n) is 7.81. The summed E-state index contributed by atoms with van der Waals surface area (Å²) in [4.78, 5) is 24.8. The molecule has 2 rings (SSSR count). The van der Waals surface area contributed by atoms with Crippen LogP contribution in [0.5, 0.6) is 0 Å². The maximum absolute atomic E-state index is 12.6. The summed E-state index contributed by atoms with van der Waals surface area (Å²) in [5.41, 5.74) is 1.21. The van der Waals surface area contributed by atoms with E-state index in [1.807, 2.05) is 27.0 Å². The van der Waals surface area contributed by atoms with Gasteiger partial charge in [0.2, 0.25) is 0 Å². The van der Waals surface area contributed by atoms with Crippen LogP contribution in [0.1, 0.15) is 42.1 Å². The number of carboxylic acid groups (broad SMARTS) is 1. The van der Waals surface area contributed by atoms with Crippen LogP contribution in [0.25, 0.3) is 0 Å². The Bertz CT molecular complexity index is 705. The van der Waals surface area contributed by atoms with Crippen molar-refractivity contribution in [3.63, 3.8) is 0 Å². The minimum Gasteiger partial charge on any atom is -0.481 e. The number of amides is 1. The molecule has 130 valence electrons. The third-order valence-electron chi connectivity index (χ3n) is 3.33. The van der Waals surface area contributed by atoms with Gasteiger partial charge in [0, 0.05) is 25.4 Å². The van der Waals surface area contributed by atoms with Crippen molar-refractivity contribution in [1.29, 1.82) is 0 Å². The lowest BCUT2D eigenvalue weighted by Gasteiger charge is -2.22. The molecule has 0 fully saturated rings. The van der Waals surface area contributed by atoms with Crippen molar-refractivity contribution in [1.82, 2.24) is 19.8 Å². The molecule has 0 bridgehead atoms. The Labute approximate surface area is 140 Å². The quantitative estimate of drug-likeness (QED) is 0.790. The van der Waals surface area contributed by atoms with Gasteiger partial charge < -0.3 is 14.5 Å². The van der Waals surface area contributed by atoms with Crippen LogP contribution in [0, 0.1) is 12.8 Å². The van der Waals surface area contributed by atoms with Gasteiger partial charge in [0.05, 0.1) is 12.6 Å². The summed E-state index contributed by atoms with van der Waals surface area (Å²) in [7, 11) is 0. The molecule has 1 amide bonds. The van der Waals surface area contributed by atoms with Gasteiger partial charge in [-0.25, -0.2) is 0 Å². The maximum Gasteiger partial charge on any atom is 0.305 e. The zero-order valence-corrected chi connectivity index (χ0v) is 14.1. The van der Waals surface area contributed by atoms with Gasteiger partial charge in [-0.3, -0.25) is 14.3 Å². The van der Waals surface area contributed by atoms with E-state index in [9.17, 15) is 9.59 Å². The summed E-state index contributed by atoms with van der Waals surface area (Å²) in [5.74, 6) is -0.520. The van der Waals surface area contributed by atoms with Crippen LogP contribution in [0.2, 0.25) is 0 Å². The van der Waals surface area contributed by atoms with Crippen molar-refractivity contribution in [3.05, 3.63) is 35.5 Å². The zero-order valence-electron chi connectivity index (χ0n) is 14.1. The van der Waals surface area contributed by atoms with Crippen molar-refractivity contribution in [2.75, 3.05) is 13.1 Å². The fraction of sp³-hybridized carbons (Fsp3) is 0.500. The lowest BCUT2D eigenvalue weighted by molar-refractivity contribution is -0.137. The van der Waals surface area contributed by atoms with Crippen LogP contribution >= 0.6 is 0 Å². The number of nitrogens with zero attached hydrogens (tertiary/aromatic N) is 4. The average molecular weight is 334 g/mol. The molecular formula is C16H22N4O4. The van der Waals surface area contributed by atoms with E-state index in [-0.39, 0.29) is 30.5 Å². The summed E-state index contributed by atoms with van der Waals surface area (Å²) in [5, 5.41) is 16.8. The lowest BCUT2D eigenvalue weighted by atomic mass is 10.2. The highest BCUT2D eigenvalue weighted by molar-refractivity contribution is 5.92. The summed E-state index contributed by atoms with van der Waals surface area (Å²) in [6, 6.07) is 1.58. The third kappa shape index (κ3) is 4.94. The molecule has 2 aromatic rings. The van der Waals surface area contributed by atoms with Crippen LogP contribution in [0.4, 0.5) is 0 Å². The van der Waals surface area contributed by atoms with Crippen LogP contribution in [0.15, 0.2) is 23.0 Å². The molecule has 2 aromatic heterocycles. The monoisotopic (exact) mass is 334 g/mol. The number of carbonyl (C=O) groups is 2. The maximum atomic E-state index is 12.6. The van der Waals surface area contributed by atoms with Crippen molar-refractivity contribution >= 4 is 11.9 Å². The molecule has 0 saturated heterocycles. The molecule has 24 heavy (non-hydrogen) atoms. The van der Waals surface area contributed by atoms with Crippen molar-refractivity contribution in [2.24, 2.45) is 5.92 Å². The fourth-order valence-corrected chi connectivity index (χ4v) is 2.31. The van der Waals surface area contributed by atoms with Gasteiger partial charge >= 0.3 is 5.97 Å². The van der Waals surface area contributed by atoms with Gasteiger partial charge in [0.25, 0.3) is 5.91 Å². The number of aromatic nitrogens is 3. The minimum absolute atomic E-state index is 0.101. The Hall–Kier alpha value is -2.64. The highest BCUT2D eigenvalue weighted by Gasteiger charge is 2.21. The molecule has 0 aliphatic rings. The summed E-state index contributed by atoms with van der Waals surface area (Å²) in [6.45, 7) is 6.86. The molecule has 2 heterocycles. The number of aliphatic carboxylic acids is 1. The molecule has 0 aliphatic heterocycles. The largest absolute Gasteiger partial charge is 0.481 e. The van der Waals surface area contributed by atoms with Gasteiger partial charge in [-0.1, -0.05) is 19.0 Å². The molecule has 0 aliphatic carbocycles. The Morgan fingerprint density at radius 2 is 2.17 bits per heavy atom. The van der Waals surface area contributed by atoms with E-state index in [0.717, 1.165) is 5.56 Å². The molecular weight excluding hydrogens is 312 g/mol. The van der Waals surface area contributed by atoms with E-state index in [1.165, 1.54) is 4.90 Å². The second-order valence-electron chi connectivity index (χ2n) is 6.18. The Morgan fingerprint density at radius 3 is 2.75 bits per heavy atom. The predicted octanol–water partition coefficient (Wildman–Crippen LogP) is 1.80. The van der Waals surface area contributed by atoms with E-state index < -0.39 is 5.97 Å². The van der Waals surface area contributed by atoms with Gasteiger partial charge in [-0.15, -0.1) is 0 Å².